The molecule has 2 aromatic rings. The summed E-state index contributed by atoms with van der Waals surface area (Å²) in [6, 6.07) is 8.61. The lowest BCUT2D eigenvalue weighted by Crippen LogP contribution is -2.12. The van der Waals surface area contributed by atoms with Gasteiger partial charge < -0.3 is 5.73 Å². The van der Waals surface area contributed by atoms with Crippen LogP contribution in [0, 0.1) is 5.82 Å². The maximum absolute atomic E-state index is 13.7. The van der Waals surface area contributed by atoms with Crippen LogP contribution in [0.3, 0.4) is 0 Å². The minimum Gasteiger partial charge on any atom is -0.320 e. The minimum atomic E-state index is -0.387. The predicted octanol–water partition coefficient (Wildman–Crippen LogP) is 3.70. The molecule has 0 bridgehead atoms. The summed E-state index contributed by atoms with van der Waals surface area (Å²) >= 11 is 4.68. The van der Waals surface area contributed by atoms with Crippen LogP contribution in [0.5, 0.6) is 0 Å². The van der Waals surface area contributed by atoms with Crippen molar-refractivity contribution in [3.63, 3.8) is 0 Å². The van der Waals surface area contributed by atoms with Crippen molar-refractivity contribution in [3.8, 4) is 0 Å². The molecule has 0 radical (unpaired) electrons. The third kappa shape index (κ3) is 2.12. The van der Waals surface area contributed by atoms with Gasteiger partial charge in [0.2, 0.25) is 0 Å². The molecule has 0 amide bonds. The van der Waals surface area contributed by atoms with Crippen LogP contribution in [0.1, 0.15) is 16.5 Å². The molecule has 78 valence electrons. The Morgan fingerprint density at radius 1 is 1.27 bits per heavy atom. The minimum absolute atomic E-state index is 0.279. The highest BCUT2D eigenvalue weighted by molar-refractivity contribution is 9.10. The molecular weight excluding hydrogens is 277 g/mol. The molecule has 2 rings (SSSR count). The first kappa shape index (κ1) is 10.8. The zero-order chi connectivity index (χ0) is 10.8. The van der Waals surface area contributed by atoms with Crippen molar-refractivity contribution in [3.05, 3.63) is 56.4 Å². The molecule has 1 aromatic heterocycles. The Morgan fingerprint density at radius 2 is 2.07 bits per heavy atom. The van der Waals surface area contributed by atoms with Crippen LogP contribution in [0.2, 0.25) is 0 Å². The first-order valence-corrected chi connectivity index (χ1v) is 6.10. The first-order chi connectivity index (χ1) is 7.20. The Labute approximate surface area is 99.9 Å². The maximum atomic E-state index is 13.7. The van der Waals surface area contributed by atoms with Crippen molar-refractivity contribution in [1.29, 1.82) is 0 Å². The maximum Gasteiger partial charge on any atom is 0.142 e. The van der Waals surface area contributed by atoms with Crippen LogP contribution >= 0.6 is 27.3 Å². The lowest BCUT2D eigenvalue weighted by atomic mass is 10.1. The molecule has 1 atom stereocenters. The second kappa shape index (κ2) is 4.43. The Morgan fingerprint density at radius 3 is 2.73 bits per heavy atom. The standard InChI is InChI=1S/C11H9BrFNS/c12-8-4-1-3-7(10(8)13)11(14)9-5-2-6-15-9/h1-6,11H,14H2. The molecule has 15 heavy (non-hydrogen) atoms. The second-order valence-corrected chi connectivity index (χ2v) is 4.97. The van der Waals surface area contributed by atoms with Crippen molar-refractivity contribution in [2.75, 3.05) is 0 Å². The summed E-state index contributed by atoms with van der Waals surface area (Å²) in [5.41, 5.74) is 6.50. The van der Waals surface area contributed by atoms with E-state index in [4.69, 9.17) is 5.73 Å². The number of rotatable bonds is 2. The fourth-order valence-corrected chi connectivity index (χ4v) is 2.51. The van der Waals surface area contributed by atoms with Crippen LogP contribution in [-0.2, 0) is 0 Å². The molecular formula is C11H9BrFNS. The quantitative estimate of drug-likeness (QED) is 0.895. The van der Waals surface area contributed by atoms with E-state index in [2.05, 4.69) is 15.9 Å². The molecule has 0 aliphatic rings. The molecule has 1 aromatic carbocycles. The molecule has 0 saturated heterocycles. The number of halogens is 2. The third-order valence-electron chi connectivity index (χ3n) is 2.17. The van der Waals surface area contributed by atoms with Crippen LogP contribution in [-0.4, -0.2) is 0 Å². The van der Waals surface area contributed by atoms with Gasteiger partial charge in [-0.05, 0) is 33.4 Å². The van der Waals surface area contributed by atoms with E-state index >= 15 is 0 Å². The number of thiophene rings is 1. The van der Waals surface area contributed by atoms with Gasteiger partial charge in [0, 0.05) is 10.4 Å². The summed E-state index contributed by atoms with van der Waals surface area (Å²) < 4.78 is 14.2. The van der Waals surface area contributed by atoms with Gasteiger partial charge in [0.05, 0.1) is 10.5 Å². The number of nitrogens with two attached hydrogens (primary N) is 1. The average molecular weight is 286 g/mol. The van der Waals surface area contributed by atoms with Gasteiger partial charge in [-0.25, -0.2) is 4.39 Å². The highest BCUT2D eigenvalue weighted by Gasteiger charge is 2.15. The summed E-state index contributed by atoms with van der Waals surface area (Å²) in [4.78, 5) is 0.965. The average Bonchev–Trinajstić information content (AvgIpc) is 2.74. The SMILES string of the molecule is NC(c1cccs1)c1cccc(Br)c1F. The lowest BCUT2D eigenvalue weighted by Gasteiger charge is -2.11. The van der Waals surface area contributed by atoms with E-state index < -0.39 is 0 Å². The molecule has 1 nitrogen and oxygen atoms in total. The van der Waals surface area contributed by atoms with Crippen molar-refractivity contribution < 1.29 is 4.39 Å². The summed E-state index contributed by atoms with van der Waals surface area (Å²) in [6.45, 7) is 0. The van der Waals surface area contributed by atoms with Gasteiger partial charge >= 0.3 is 0 Å². The zero-order valence-corrected chi connectivity index (χ0v) is 10.2. The van der Waals surface area contributed by atoms with Crippen LogP contribution in [0.25, 0.3) is 0 Å². The van der Waals surface area contributed by atoms with Gasteiger partial charge in [-0.2, -0.15) is 0 Å². The summed E-state index contributed by atoms with van der Waals surface area (Å²) in [5, 5.41) is 1.94. The van der Waals surface area contributed by atoms with Crippen molar-refractivity contribution >= 4 is 27.3 Å². The Bertz CT molecular complexity index is 456. The number of hydrogen-bond acceptors (Lipinski definition) is 2. The molecule has 2 N–H and O–H groups in total. The fraction of sp³-hybridized carbons (Fsp3) is 0.0909. The van der Waals surface area contributed by atoms with Crippen molar-refractivity contribution in [2.24, 2.45) is 5.73 Å². The van der Waals surface area contributed by atoms with E-state index in [1.807, 2.05) is 17.5 Å². The van der Waals surface area contributed by atoms with Gasteiger partial charge in [0.1, 0.15) is 5.82 Å². The first-order valence-electron chi connectivity index (χ1n) is 4.43. The molecule has 0 saturated carbocycles. The van der Waals surface area contributed by atoms with E-state index in [9.17, 15) is 4.39 Å². The lowest BCUT2D eigenvalue weighted by molar-refractivity contribution is 0.594. The Kier molecular flexibility index (Phi) is 3.19. The monoisotopic (exact) mass is 285 g/mol. The van der Waals surface area contributed by atoms with E-state index in [1.165, 1.54) is 11.3 Å². The molecule has 0 aliphatic heterocycles. The smallest absolute Gasteiger partial charge is 0.142 e. The van der Waals surface area contributed by atoms with Gasteiger partial charge in [-0.3, -0.25) is 0 Å². The van der Waals surface area contributed by atoms with Gasteiger partial charge in [0.15, 0.2) is 0 Å². The largest absolute Gasteiger partial charge is 0.320 e. The van der Waals surface area contributed by atoms with Crippen molar-refractivity contribution in [2.45, 2.75) is 6.04 Å². The molecule has 0 spiro atoms. The van der Waals surface area contributed by atoms with E-state index in [-0.39, 0.29) is 11.9 Å². The van der Waals surface area contributed by atoms with E-state index in [1.54, 1.807) is 18.2 Å². The highest BCUT2D eigenvalue weighted by Crippen LogP contribution is 2.28. The summed E-state index contributed by atoms with van der Waals surface area (Å²) in [5.74, 6) is -0.279. The van der Waals surface area contributed by atoms with Crippen LogP contribution in [0.15, 0.2) is 40.2 Å². The normalized spacial score (nSPS) is 12.7. The zero-order valence-electron chi connectivity index (χ0n) is 7.78. The summed E-state index contributed by atoms with van der Waals surface area (Å²) in [6.07, 6.45) is 0. The molecule has 0 aliphatic carbocycles. The third-order valence-corrected chi connectivity index (χ3v) is 3.73. The Hall–Kier alpha value is -0.710. The molecule has 1 heterocycles. The van der Waals surface area contributed by atoms with E-state index in [0.717, 1.165) is 4.88 Å². The van der Waals surface area contributed by atoms with E-state index in [0.29, 0.717) is 10.0 Å². The molecule has 1 unspecified atom stereocenters. The van der Waals surface area contributed by atoms with Crippen molar-refractivity contribution in [1.82, 2.24) is 0 Å². The molecule has 0 fully saturated rings. The molecule has 4 heteroatoms. The summed E-state index contributed by atoms with van der Waals surface area (Å²) in [7, 11) is 0. The Balaban J connectivity index is 2.42. The fourth-order valence-electron chi connectivity index (χ4n) is 1.38. The van der Waals surface area contributed by atoms with Crippen LogP contribution in [0.4, 0.5) is 4.39 Å². The van der Waals surface area contributed by atoms with Gasteiger partial charge in [-0.1, -0.05) is 18.2 Å². The highest BCUT2D eigenvalue weighted by atomic mass is 79.9. The topological polar surface area (TPSA) is 26.0 Å². The van der Waals surface area contributed by atoms with Crippen LogP contribution < -0.4 is 5.73 Å². The number of benzene rings is 1. The number of hydrogen-bond donors (Lipinski definition) is 1. The second-order valence-electron chi connectivity index (χ2n) is 3.14. The van der Waals surface area contributed by atoms with Gasteiger partial charge in [-0.15, -0.1) is 11.3 Å². The predicted molar refractivity (Wildman–Crippen MR) is 64.4 cm³/mol. The van der Waals surface area contributed by atoms with Gasteiger partial charge in [0.25, 0.3) is 0 Å².